The van der Waals surface area contributed by atoms with Crippen LogP contribution in [0.15, 0.2) is 17.5 Å². The Morgan fingerprint density at radius 3 is 3.00 bits per heavy atom. The van der Waals surface area contributed by atoms with E-state index < -0.39 is 5.91 Å². The van der Waals surface area contributed by atoms with Gasteiger partial charge in [0.15, 0.2) is 0 Å². The molecule has 2 nitrogen and oxygen atoms in total. The van der Waals surface area contributed by atoms with Crippen molar-refractivity contribution in [1.29, 1.82) is 0 Å². The molecule has 0 aromatic carbocycles. The second-order valence-corrected chi connectivity index (χ2v) is 2.71. The lowest BCUT2D eigenvalue weighted by atomic mass is 10.3. The third-order valence-corrected chi connectivity index (χ3v) is 1.79. The predicted octanol–water partition coefficient (Wildman–Crippen LogP) is 1.10. The van der Waals surface area contributed by atoms with Crippen molar-refractivity contribution in [3.05, 3.63) is 22.4 Å². The van der Waals surface area contributed by atoms with E-state index in [1.54, 1.807) is 0 Å². The Labute approximate surface area is 57.3 Å². The molecule has 1 aromatic rings. The van der Waals surface area contributed by atoms with Crippen LogP contribution in [-0.2, 0) is 11.2 Å². The van der Waals surface area contributed by atoms with Crippen LogP contribution in [0.3, 0.4) is 0 Å². The maximum absolute atomic E-state index is 10.2. The van der Waals surface area contributed by atoms with E-state index in [9.17, 15) is 4.79 Å². The molecule has 1 rings (SSSR count). The van der Waals surface area contributed by atoms with Crippen LogP contribution in [0.25, 0.3) is 0 Å². The van der Waals surface area contributed by atoms with Gasteiger partial charge in [-0.1, -0.05) is 6.07 Å². The Kier molecular flexibility index (Phi) is 1.85. The second kappa shape index (κ2) is 2.64. The fourth-order valence-corrected chi connectivity index (χ4v) is 1.27. The lowest BCUT2D eigenvalue weighted by molar-refractivity contribution is -0.117. The van der Waals surface area contributed by atoms with Gasteiger partial charge < -0.3 is 0 Å². The molecule has 3 heteroatoms. The highest BCUT2D eigenvalue weighted by Gasteiger charge is 1.97. The van der Waals surface area contributed by atoms with E-state index in [2.05, 4.69) is 0 Å². The molecule has 0 saturated heterocycles. The topological polar surface area (TPSA) is 40.9 Å². The zero-order chi connectivity index (χ0) is 6.69. The molecule has 0 bridgehead atoms. The van der Waals surface area contributed by atoms with Gasteiger partial charge in [0.2, 0.25) is 5.91 Å². The summed E-state index contributed by atoms with van der Waals surface area (Å²) in [6.45, 7) is 0. The normalized spacial score (nSPS) is 9.33. The van der Waals surface area contributed by atoms with Gasteiger partial charge in [0.25, 0.3) is 0 Å². The van der Waals surface area contributed by atoms with Gasteiger partial charge in [0.05, 0.1) is 6.42 Å². The number of amides is 1. The van der Waals surface area contributed by atoms with Crippen molar-refractivity contribution < 1.29 is 4.79 Å². The molecule has 0 aliphatic rings. The quantitative estimate of drug-likeness (QED) is 0.606. The third-order valence-electron chi connectivity index (χ3n) is 0.915. The van der Waals surface area contributed by atoms with Crippen LogP contribution in [0, 0.1) is 0 Å². The zero-order valence-corrected chi connectivity index (χ0v) is 5.57. The largest absolute Gasteiger partial charge is 0.273 e. The van der Waals surface area contributed by atoms with E-state index in [1.165, 1.54) is 11.3 Å². The van der Waals surface area contributed by atoms with Crippen LogP contribution in [0.2, 0.25) is 0 Å². The molecule has 0 saturated carbocycles. The highest BCUT2D eigenvalue weighted by atomic mass is 32.1. The Bertz CT molecular complexity index is 193. The van der Waals surface area contributed by atoms with Crippen molar-refractivity contribution >= 4 is 17.2 Å². The summed E-state index contributed by atoms with van der Waals surface area (Å²) in [5.74, 6) is -0.516. The standard InChI is InChI=1S/C6H6NOS/c7-6(8)4-5-2-1-3-9-5/h1-3,7H,4H2. The number of carbonyl (C=O) groups is 1. The minimum Gasteiger partial charge on any atom is -0.273 e. The number of thiophene rings is 1. The fraction of sp³-hybridized carbons (Fsp3) is 0.167. The van der Waals surface area contributed by atoms with Gasteiger partial charge in [0, 0.05) is 4.88 Å². The number of nitrogens with one attached hydrogen (secondary N) is 1. The van der Waals surface area contributed by atoms with Crippen molar-refractivity contribution in [1.82, 2.24) is 5.73 Å². The predicted molar refractivity (Wildman–Crippen MR) is 36.1 cm³/mol. The van der Waals surface area contributed by atoms with Gasteiger partial charge in [-0.25, -0.2) is 0 Å². The van der Waals surface area contributed by atoms with Gasteiger partial charge >= 0.3 is 0 Å². The Morgan fingerprint density at radius 2 is 2.56 bits per heavy atom. The molecule has 1 radical (unpaired) electrons. The molecule has 0 aliphatic heterocycles. The SMILES string of the molecule is [NH]C(=O)Cc1cccs1. The lowest BCUT2D eigenvalue weighted by Crippen LogP contribution is -1.99. The maximum Gasteiger partial charge on any atom is 0.243 e. The molecular formula is C6H6NOS. The Morgan fingerprint density at radius 1 is 1.78 bits per heavy atom. The Hall–Kier alpha value is -0.830. The molecule has 0 atom stereocenters. The minimum atomic E-state index is -0.516. The molecule has 1 aromatic heterocycles. The molecular weight excluding hydrogens is 134 g/mol. The molecule has 47 valence electrons. The van der Waals surface area contributed by atoms with Crippen LogP contribution in [0.5, 0.6) is 0 Å². The molecule has 1 amide bonds. The van der Waals surface area contributed by atoms with Crippen molar-refractivity contribution in [3.63, 3.8) is 0 Å². The summed E-state index contributed by atoms with van der Waals surface area (Å²) in [6, 6.07) is 3.74. The molecule has 0 aliphatic carbocycles. The van der Waals surface area contributed by atoms with Crippen LogP contribution >= 0.6 is 11.3 Å². The maximum atomic E-state index is 10.2. The number of carbonyl (C=O) groups excluding carboxylic acids is 1. The average Bonchev–Trinajstić information content (AvgIpc) is 2.15. The van der Waals surface area contributed by atoms with Crippen LogP contribution in [-0.4, -0.2) is 5.91 Å². The number of hydrogen-bond donors (Lipinski definition) is 0. The van der Waals surface area contributed by atoms with Gasteiger partial charge in [-0.2, -0.15) is 0 Å². The van der Waals surface area contributed by atoms with E-state index in [4.69, 9.17) is 5.73 Å². The zero-order valence-electron chi connectivity index (χ0n) is 4.76. The third kappa shape index (κ3) is 1.85. The number of rotatable bonds is 2. The monoisotopic (exact) mass is 140 g/mol. The Balaban J connectivity index is 2.58. The molecule has 0 unspecified atom stereocenters. The van der Waals surface area contributed by atoms with E-state index in [0.29, 0.717) is 0 Å². The molecule has 0 fully saturated rings. The van der Waals surface area contributed by atoms with Crippen molar-refractivity contribution in [3.8, 4) is 0 Å². The summed E-state index contributed by atoms with van der Waals surface area (Å²) < 4.78 is 0. The van der Waals surface area contributed by atoms with E-state index in [-0.39, 0.29) is 6.42 Å². The van der Waals surface area contributed by atoms with E-state index >= 15 is 0 Å². The smallest absolute Gasteiger partial charge is 0.243 e. The first kappa shape index (κ1) is 6.29. The van der Waals surface area contributed by atoms with Crippen LogP contribution < -0.4 is 5.73 Å². The van der Waals surface area contributed by atoms with Gasteiger partial charge in [-0.3, -0.25) is 10.5 Å². The minimum absolute atomic E-state index is 0.262. The van der Waals surface area contributed by atoms with Gasteiger partial charge in [-0.15, -0.1) is 11.3 Å². The highest BCUT2D eigenvalue weighted by molar-refractivity contribution is 7.10. The van der Waals surface area contributed by atoms with Crippen LogP contribution in [0.4, 0.5) is 0 Å². The molecule has 1 heterocycles. The van der Waals surface area contributed by atoms with E-state index in [0.717, 1.165) is 4.88 Å². The fourth-order valence-electron chi connectivity index (χ4n) is 0.571. The van der Waals surface area contributed by atoms with Crippen molar-refractivity contribution in [2.24, 2.45) is 0 Å². The molecule has 9 heavy (non-hydrogen) atoms. The summed E-state index contributed by atoms with van der Waals surface area (Å²) >= 11 is 1.51. The van der Waals surface area contributed by atoms with Crippen LogP contribution in [0.1, 0.15) is 4.88 Å². The second-order valence-electron chi connectivity index (χ2n) is 1.68. The van der Waals surface area contributed by atoms with Gasteiger partial charge in [-0.05, 0) is 11.4 Å². The lowest BCUT2D eigenvalue weighted by Gasteiger charge is -1.85. The summed E-state index contributed by atoms with van der Waals surface area (Å²) in [5.41, 5.74) is 6.62. The summed E-state index contributed by atoms with van der Waals surface area (Å²) in [5, 5.41) is 1.90. The summed E-state index contributed by atoms with van der Waals surface area (Å²) in [4.78, 5) is 11.2. The number of hydrogen-bond acceptors (Lipinski definition) is 2. The first-order valence-electron chi connectivity index (χ1n) is 2.56. The first-order valence-corrected chi connectivity index (χ1v) is 3.44. The van der Waals surface area contributed by atoms with Gasteiger partial charge in [0.1, 0.15) is 0 Å². The summed E-state index contributed by atoms with van der Waals surface area (Å²) in [7, 11) is 0. The first-order chi connectivity index (χ1) is 4.29. The highest BCUT2D eigenvalue weighted by Crippen LogP contribution is 2.08. The molecule has 0 spiro atoms. The van der Waals surface area contributed by atoms with E-state index in [1.807, 2.05) is 17.5 Å². The average molecular weight is 140 g/mol. The summed E-state index contributed by atoms with van der Waals surface area (Å²) in [6.07, 6.45) is 0.262. The van der Waals surface area contributed by atoms with Crippen molar-refractivity contribution in [2.75, 3.05) is 0 Å². The van der Waals surface area contributed by atoms with Crippen molar-refractivity contribution in [2.45, 2.75) is 6.42 Å². The molecule has 1 N–H and O–H groups in total.